The first-order valence-corrected chi connectivity index (χ1v) is 10.9. The van der Waals surface area contributed by atoms with Crippen LogP contribution in [0.25, 0.3) is 21.3 Å². The molecule has 5 rings (SSSR count). The molecule has 3 aromatic heterocycles. The maximum Gasteiger partial charge on any atom is 0.244 e. The second-order valence-electron chi connectivity index (χ2n) is 7.83. The Morgan fingerprint density at radius 2 is 2.03 bits per heavy atom. The fraction of sp³-hybridized carbons (Fsp3) is 0.286. The predicted molar refractivity (Wildman–Crippen MR) is 121 cm³/mol. The van der Waals surface area contributed by atoms with Crippen molar-refractivity contribution in [3.8, 4) is 10.4 Å². The highest BCUT2D eigenvalue weighted by Crippen LogP contribution is 2.31. The van der Waals surface area contributed by atoms with Crippen molar-refractivity contribution < 1.29 is 4.79 Å². The largest absolute Gasteiger partial charge is 0.397 e. The van der Waals surface area contributed by atoms with Crippen LogP contribution in [0, 0.1) is 0 Å². The number of fused-ring (bicyclic) bond motifs is 2. The van der Waals surface area contributed by atoms with Crippen LogP contribution in [0.1, 0.15) is 19.5 Å². The number of nitrogens with two attached hydrogens (primary N) is 1. The Morgan fingerprint density at radius 3 is 2.81 bits per heavy atom. The standard InChI is InChI=1S/C21H22N8OS/c1-12(2)28-4-3-15-8-19(27-29(15)10-20(28)30)24-18-7-14-5-13(17-9-23-11-31-17)6-16(22)21(14)26-25-18/h5-9,11-12H,3-4,10,22H2,1-2H3,(H,24,25,27). The molecule has 0 fully saturated rings. The Morgan fingerprint density at radius 1 is 1.16 bits per heavy atom. The molecule has 0 atom stereocenters. The van der Waals surface area contributed by atoms with E-state index >= 15 is 0 Å². The zero-order valence-electron chi connectivity index (χ0n) is 17.2. The van der Waals surface area contributed by atoms with Crippen molar-refractivity contribution in [1.29, 1.82) is 0 Å². The summed E-state index contributed by atoms with van der Waals surface area (Å²) in [4.78, 5) is 19.6. The molecule has 1 aromatic carbocycles. The van der Waals surface area contributed by atoms with Gasteiger partial charge in [0.1, 0.15) is 12.1 Å². The molecule has 1 aliphatic heterocycles. The number of nitrogens with zero attached hydrogens (tertiary/aromatic N) is 6. The Hall–Kier alpha value is -3.53. The average molecular weight is 435 g/mol. The van der Waals surface area contributed by atoms with Crippen molar-refractivity contribution >= 4 is 45.5 Å². The van der Waals surface area contributed by atoms with E-state index < -0.39 is 0 Å². The normalized spacial score (nSPS) is 14.2. The number of carbonyl (C=O) groups excluding carboxylic acids is 1. The van der Waals surface area contributed by atoms with Crippen LogP contribution in [-0.2, 0) is 17.8 Å². The summed E-state index contributed by atoms with van der Waals surface area (Å²) in [7, 11) is 0. The van der Waals surface area contributed by atoms with Gasteiger partial charge in [-0.3, -0.25) is 14.5 Å². The number of nitrogen functional groups attached to an aromatic ring is 1. The topological polar surface area (TPSA) is 115 Å². The van der Waals surface area contributed by atoms with E-state index in [-0.39, 0.29) is 18.5 Å². The molecule has 4 aromatic rings. The van der Waals surface area contributed by atoms with Crippen molar-refractivity contribution in [2.45, 2.75) is 32.9 Å². The average Bonchev–Trinajstić information content (AvgIpc) is 3.35. The van der Waals surface area contributed by atoms with E-state index in [2.05, 4.69) is 25.6 Å². The van der Waals surface area contributed by atoms with Gasteiger partial charge in [-0.05, 0) is 37.6 Å². The van der Waals surface area contributed by atoms with Crippen LogP contribution in [0.5, 0.6) is 0 Å². The van der Waals surface area contributed by atoms with Crippen LogP contribution in [0.4, 0.5) is 17.3 Å². The summed E-state index contributed by atoms with van der Waals surface area (Å²) in [6.07, 6.45) is 2.58. The van der Waals surface area contributed by atoms with Crippen molar-refractivity contribution in [2.24, 2.45) is 0 Å². The summed E-state index contributed by atoms with van der Waals surface area (Å²) in [5.41, 5.74) is 11.2. The number of aromatic nitrogens is 5. The third-order valence-electron chi connectivity index (χ3n) is 5.39. The maximum absolute atomic E-state index is 12.5. The van der Waals surface area contributed by atoms with E-state index in [1.165, 1.54) is 0 Å². The van der Waals surface area contributed by atoms with Crippen LogP contribution < -0.4 is 11.1 Å². The maximum atomic E-state index is 12.5. The number of amides is 1. The third kappa shape index (κ3) is 3.70. The number of anilines is 3. The fourth-order valence-corrected chi connectivity index (χ4v) is 4.47. The van der Waals surface area contributed by atoms with Gasteiger partial charge in [-0.2, -0.15) is 5.10 Å². The first-order chi connectivity index (χ1) is 15.0. The molecule has 1 aliphatic rings. The van der Waals surface area contributed by atoms with Crippen LogP contribution >= 0.6 is 11.3 Å². The Labute approximate surface area is 182 Å². The first kappa shape index (κ1) is 19.4. The molecule has 0 aliphatic carbocycles. The molecule has 0 spiro atoms. The smallest absolute Gasteiger partial charge is 0.244 e. The van der Waals surface area contributed by atoms with E-state index in [0.29, 0.717) is 29.4 Å². The molecule has 0 saturated heterocycles. The summed E-state index contributed by atoms with van der Waals surface area (Å²) in [5, 5.41) is 17.2. The van der Waals surface area contributed by atoms with Crippen molar-refractivity contribution in [1.82, 2.24) is 29.9 Å². The van der Waals surface area contributed by atoms with Crippen LogP contribution in [0.3, 0.4) is 0 Å². The molecular formula is C21H22N8OS. The quantitative estimate of drug-likeness (QED) is 0.474. The number of carbonyl (C=O) groups is 1. The van der Waals surface area contributed by atoms with Gasteiger partial charge in [0, 0.05) is 42.4 Å². The molecule has 0 saturated carbocycles. The van der Waals surface area contributed by atoms with Crippen molar-refractivity contribution in [3.63, 3.8) is 0 Å². The van der Waals surface area contributed by atoms with E-state index in [4.69, 9.17) is 5.73 Å². The monoisotopic (exact) mass is 434 g/mol. The number of benzene rings is 1. The zero-order valence-corrected chi connectivity index (χ0v) is 18.1. The summed E-state index contributed by atoms with van der Waals surface area (Å²) in [5.74, 6) is 1.29. The second kappa shape index (κ2) is 7.62. The van der Waals surface area contributed by atoms with Gasteiger partial charge in [0.25, 0.3) is 0 Å². The van der Waals surface area contributed by atoms with Gasteiger partial charge in [0.15, 0.2) is 11.6 Å². The van der Waals surface area contributed by atoms with E-state index in [0.717, 1.165) is 27.9 Å². The van der Waals surface area contributed by atoms with Gasteiger partial charge in [-0.1, -0.05) is 0 Å². The third-order valence-corrected chi connectivity index (χ3v) is 6.21. The molecule has 10 heteroatoms. The van der Waals surface area contributed by atoms with Gasteiger partial charge in [0.2, 0.25) is 5.91 Å². The van der Waals surface area contributed by atoms with Crippen molar-refractivity contribution in [2.75, 3.05) is 17.6 Å². The van der Waals surface area contributed by atoms with Crippen LogP contribution in [0.2, 0.25) is 0 Å². The summed E-state index contributed by atoms with van der Waals surface area (Å²) >= 11 is 1.56. The highest BCUT2D eigenvalue weighted by atomic mass is 32.1. The summed E-state index contributed by atoms with van der Waals surface area (Å²) in [6.45, 7) is 5.00. The number of hydrogen-bond donors (Lipinski definition) is 2. The number of nitrogens with one attached hydrogen (secondary N) is 1. The molecule has 158 valence electrons. The Bertz CT molecular complexity index is 1260. The first-order valence-electron chi connectivity index (χ1n) is 10.1. The molecular weight excluding hydrogens is 412 g/mol. The van der Waals surface area contributed by atoms with Gasteiger partial charge in [-0.25, -0.2) is 0 Å². The Balaban J connectivity index is 1.42. The van der Waals surface area contributed by atoms with Gasteiger partial charge in [0.05, 0.1) is 16.1 Å². The highest BCUT2D eigenvalue weighted by Gasteiger charge is 2.23. The molecule has 3 N–H and O–H groups in total. The lowest BCUT2D eigenvalue weighted by molar-refractivity contribution is -0.133. The highest BCUT2D eigenvalue weighted by molar-refractivity contribution is 7.13. The Kier molecular flexibility index (Phi) is 4.78. The molecule has 9 nitrogen and oxygen atoms in total. The lowest BCUT2D eigenvalue weighted by Gasteiger charge is -2.24. The lowest BCUT2D eigenvalue weighted by Crippen LogP contribution is -2.38. The lowest BCUT2D eigenvalue weighted by atomic mass is 10.1. The second-order valence-corrected chi connectivity index (χ2v) is 8.72. The number of thiazole rings is 1. The van der Waals surface area contributed by atoms with E-state index in [1.807, 2.05) is 49.2 Å². The minimum Gasteiger partial charge on any atom is -0.397 e. The minimum absolute atomic E-state index is 0.0833. The van der Waals surface area contributed by atoms with Crippen LogP contribution in [-0.4, -0.2) is 48.4 Å². The summed E-state index contributed by atoms with van der Waals surface area (Å²) < 4.78 is 1.77. The SMILES string of the molecule is CC(C)N1CCc2cc(Nc3cc4cc(-c5cncs5)cc(N)c4nn3)nn2CC1=O. The predicted octanol–water partition coefficient (Wildman–Crippen LogP) is 3.07. The number of hydrogen-bond acceptors (Lipinski definition) is 8. The summed E-state index contributed by atoms with van der Waals surface area (Å²) in [6, 6.07) is 7.97. The molecule has 0 radical (unpaired) electrons. The molecule has 0 bridgehead atoms. The van der Waals surface area contributed by atoms with Crippen LogP contribution in [0.15, 0.2) is 36.0 Å². The molecule has 0 unspecified atom stereocenters. The van der Waals surface area contributed by atoms with Gasteiger partial charge in [-0.15, -0.1) is 21.5 Å². The molecule has 1 amide bonds. The van der Waals surface area contributed by atoms with E-state index in [9.17, 15) is 4.79 Å². The molecule has 4 heterocycles. The van der Waals surface area contributed by atoms with Gasteiger partial charge >= 0.3 is 0 Å². The minimum atomic E-state index is 0.0833. The van der Waals surface area contributed by atoms with E-state index in [1.54, 1.807) is 21.5 Å². The molecule has 31 heavy (non-hydrogen) atoms. The zero-order chi connectivity index (χ0) is 21.5. The van der Waals surface area contributed by atoms with Crippen molar-refractivity contribution in [3.05, 3.63) is 41.7 Å². The van der Waals surface area contributed by atoms with Gasteiger partial charge < -0.3 is 16.0 Å². The fourth-order valence-electron chi connectivity index (χ4n) is 3.86. The number of rotatable bonds is 4.